The highest BCUT2D eigenvalue weighted by atomic mass is 16.6. The molecule has 0 saturated carbocycles. The van der Waals surface area contributed by atoms with E-state index in [0.717, 1.165) is 83.5 Å². The Hall–Kier alpha value is -2.11. The predicted octanol–water partition coefficient (Wildman–Crippen LogP) is 17.9. The molecule has 0 N–H and O–H groups in total. The molecule has 6 nitrogen and oxygen atoms in total. The molecule has 0 heterocycles. The zero-order valence-electron chi connectivity index (χ0n) is 41.7. The summed E-state index contributed by atoms with van der Waals surface area (Å²) in [7, 11) is 0. The summed E-state index contributed by atoms with van der Waals surface area (Å²) in [4.78, 5) is 38.0. The molecule has 0 aromatic rings. The Morgan fingerprint density at radius 3 is 0.935 bits per heavy atom. The molecule has 0 aliphatic heterocycles. The van der Waals surface area contributed by atoms with Crippen LogP contribution in [0.25, 0.3) is 0 Å². The van der Waals surface area contributed by atoms with Gasteiger partial charge in [-0.2, -0.15) is 0 Å². The van der Waals surface area contributed by atoms with E-state index < -0.39 is 6.10 Å². The Labute approximate surface area is 385 Å². The molecule has 0 bridgehead atoms. The van der Waals surface area contributed by atoms with Gasteiger partial charge in [-0.05, 0) is 44.9 Å². The molecule has 0 aliphatic carbocycles. The van der Waals surface area contributed by atoms with Crippen LogP contribution >= 0.6 is 0 Å². The van der Waals surface area contributed by atoms with Crippen LogP contribution in [0.15, 0.2) is 24.3 Å². The Balaban J connectivity index is 4.25. The second kappa shape index (κ2) is 51.5. The minimum atomic E-state index is -0.772. The molecule has 0 aliphatic rings. The van der Waals surface area contributed by atoms with Crippen molar-refractivity contribution in [2.75, 3.05) is 13.2 Å². The quantitative estimate of drug-likeness (QED) is 0.0262. The van der Waals surface area contributed by atoms with E-state index in [9.17, 15) is 14.4 Å². The van der Waals surface area contributed by atoms with Crippen LogP contribution in [-0.4, -0.2) is 37.2 Å². The third-order valence-electron chi connectivity index (χ3n) is 12.2. The van der Waals surface area contributed by atoms with Crippen molar-refractivity contribution in [1.29, 1.82) is 0 Å². The molecular weight excluding hydrogens is 769 g/mol. The van der Waals surface area contributed by atoms with Crippen molar-refractivity contribution in [3.63, 3.8) is 0 Å². The van der Waals surface area contributed by atoms with E-state index in [1.807, 2.05) is 0 Å². The van der Waals surface area contributed by atoms with Gasteiger partial charge in [0.15, 0.2) is 6.10 Å². The standard InChI is InChI=1S/C56H104O6/c1-4-7-10-13-16-19-22-24-26-27-28-29-30-31-33-34-37-40-43-46-49-55(58)61-52-53(51-60-54(57)48-45-42-39-36-21-18-15-12-9-6-3)62-56(59)50-47-44-41-38-35-32-25-23-20-17-14-11-8-5-2/h14,17,23,25,53H,4-13,15-16,18-22,24,26-52H2,1-3H3/b17-14-,25-23-. The van der Waals surface area contributed by atoms with Gasteiger partial charge in [0.25, 0.3) is 0 Å². The SMILES string of the molecule is CCCC/C=C\C/C=C\CCCCCCCC(=O)OC(COC(=O)CCCCCCCCCCCC)COC(=O)CCCCCCCCCCCCCCCCCCCCCC. The van der Waals surface area contributed by atoms with Crippen LogP contribution in [0, 0.1) is 0 Å². The molecule has 0 aromatic heterocycles. The highest BCUT2D eigenvalue weighted by Gasteiger charge is 2.19. The van der Waals surface area contributed by atoms with E-state index >= 15 is 0 Å². The molecule has 0 amide bonds. The van der Waals surface area contributed by atoms with Crippen LogP contribution in [0.3, 0.4) is 0 Å². The Kier molecular flexibility index (Phi) is 49.8. The fourth-order valence-electron chi connectivity index (χ4n) is 8.05. The highest BCUT2D eigenvalue weighted by Crippen LogP contribution is 2.17. The summed E-state index contributed by atoms with van der Waals surface area (Å²) >= 11 is 0. The lowest BCUT2D eigenvalue weighted by molar-refractivity contribution is -0.167. The lowest BCUT2D eigenvalue weighted by atomic mass is 10.0. The van der Waals surface area contributed by atoms with Gasteiger partial charge >= 0.3 is 17.9 Å². The van der Waals surface area contributed by atoms with Gasteiger partial charge < -0.3 is 14.2 Å². The normalized spacial score (nSPS) is 12.1. The number of carbonyl (C=O) groups is 3. The van der Waals surface area contributed by atoms with Crippen LogP contribution in [0.5, 0.6) is 0 Å². The van der Waals surface area contributed by atoms with Gasteiger partial charge in [-0.3, -0.25) is 14.4 Å². The molecule has 0 spiro atoms. The number of carbonyl (C=O) groups excluding carboxylic acids is 3. The van der Waals surface area contributed by atoms with Crippen molar-refractivity contribution < 1.29 is 28.6 Å². The number of allylic oxidation sites excluding steroid dienone is 4. The van der Waals surface area contributed by atoms with Gasteiger partial charge in [0, 0.05) is 19.3 Å². The summed E-state index contributed by atoms with van der Waals surface area (Å²) in [6.07, 6.45) is 58.8. The maximum absolute atomic E-state index is 12.8. The second-order valence-corrected chi connectivity index (χ2v) is 18.5. The first-order valence-corrected chi connectivity index (χ1v) is 27.3. The lowest BCUT2D eigenvalue weighted by Gasteiger charge is -2.18. The number of esters is 3. The first-order valence-electron chi connectivity index (χ1n) is 27.3. The van der Waals surface area contributed by atoms with Gasteiger partial charge in [0.05, 0.1) is 0 Å². The fraction of sp³-hybridized carbons (Fsp3) is 0.875. The van der Waals surface area contributed by atoms with Gasteiger partial charge in [0.1, 0.15) is 13.2 Å². The molecule has 1 unspecified atom stereocenters. The number of hydrogen-bond donors (Lipinski definition) is 0. The lowest BCUT2D eigenvalue weighted by Crippen LogP contribution is -2.30. The molecule has 1 atom stereocenters. The maximum atomic E-state index is 12.8. The second-order valence-electron chi connectivity index (χ2n) is 18.5. The topological polar surface area (TPSA) is 78.9 Å². The van der Waals surface area contributed by atoms with E-state index in [0.29, 0.717) is 19.3 Å². The van der Waals surface area contributed by atoms with Crippen molar-refractivity contribution in [2.45, 2.75) is 303 Å². The fourth-order valence-corrected chi connectivity index (χ4v) is 8.05. The third kappa shape index (κ3) is 48.9. The molecule has 0 rings (SSSR count). The summed E-state index contributed by atoms with van der Waals surface area (Å²) in [5.74, 6) is -0.871. The molecule has 6 heteroatoms. The van der Waals surface area contributed by atoms with Crippen LogP contribution in [-0.2, 0) is 28.6 Å². The average molecular weight is 873 g/mol. The van der Waals surface area contributed by atoms with Crippen molar-refractivity contribution in [3.05, 3.63) is 24.3 Å². The predicted molar refractivity (Wildman–Crippen MR) is 266 cm³/mol. The highest BCUT2D eigenvalue weighted by molar-refractivity contribution is 5.71. The molecular formula is C56H104O6. The van der Waals surface area contributed by atoms with Gasteiger partial charge in [-0.1, -0.05) is 257 Å². The first-order chi connectivity index (χ1) is 30.5. The summed E-state index contributed by atoms with van der Waals surface area (Å²) < 4.78 is 16.8. The van der Waals surface area contributed by atoms with Gasteiger partial charge in [0.2, 0.25) is 0 Å². The van der Waals surface area contributed by atoms with E-state index in [-0.39, 0.29) is 31.1 Å². The first kappa shape index (κ1) is 59.9. The monoisotopic (exact) mass is 873 g/mol. The van der Waals surface area contributed by atoms with E-state index in [1.54, 1.807) is 0 Å². The number of rotatable bonds is 50. The minimum Gasteiger partial charge on any atom is -0.462 e. The molecule has 364 valence electrons. The Morgan fingerprint density at radius 2 is 0.597 bits per heavy atom. The van der Waals surface area contributed by atoms with E-state index in [2.05, 4.69) is 45.1 Å². The van der Waals surface area contributed by atoms with Crippen molar-refractivity contribution in [2.24, 2.45) is 0 Å². The maximum Gasteiger partial charge on any atom is 0.306 e. The number of hydrogen-bond acceptors (Lipinski definition) is 6. The van der Waals surface area contributed by atoms with E-state index in [4.69, 9.17) is 14.2 Å². The molecule has 0 radical (unpaired) electrons. The van der Waals surface area contributed by atoms with Crippen LogP contribution in [0.1, 0.15) is 297 Å². The molecule has 0 fully saturated rings. The number of ether oxygens (including phenoxy) is 3. The Morgan fingerprint density at radius 1 is 0.323 bits per heavy atom. The summed E-state index contributed by atoms with van der Waals surface area (Å²) in [5.41, 5.74) is 0. The smallest absolute Gasteiger partial charge is 0.306 e. The van der Waals surface area contributed by atoms with Gasteiger partial charge in [-0.15, -0.1) is 0 Å². The van der Waals surface area contributed by atoms with Crippen molar-refractivity contribution >= 4 is 17.9 Å². The van der Waals surface area contributed by atoms with Crippen molar-refractivity contribution in [1.82, 2.24) is 0 Å². The summed E-state index contributed by atoms with van der Waals surface area (Å²) in [6, 6.07) is 0. The van der Waals surface area contributed by atoms with Crippen LogP contribution in [0.2, 0.25) is 0 Å². The van der Waals surface area contributed by atoms with E-state index in [1.165, 1.54) is 173 Å². The molecule has 0 saturated heterocycles. The molecule has 62 heavy (non-hydrogen) atoms. The largest absolute Gasteiger partial charge is 0.462 e. The summed E-state index contributed by atoms with van der Waals surface area (Å²) in [5, 5.41) is 0. The molecule has 0 aromatic carbocycles. The third-order valence-corrected chi connectivity index (χ3v) is 12.2. The Bertz CT molecular complexity index is 1000. The van der Waals surface area contributed by atoms with Crippen LogP contribution < -0.4 is 0 Å². The van der Waals surface area contributed by atoms with Gasteiger partial charge in [-0.25, -0.2) is 0 Å². The number of unbranched alkanes of at least 4 members (excludes halogenated alkanes) is 35. The zero-order chi connectivity index (χ0) is 45.1. The zero-order valence-corrected chi connectivity index (χ0v) is 41.7. The van der Waals surface area contributed by atoms with Crippen LogP contribution in [0.4, 0.5) is 0 Å². The van der Waals surface area contributed by atoms with Crippen molar-refractivity contribution in [3.8, 4) is 0 Å². The average Bonchev–Trinajstić information content (AvgIpc) is 3.27. The summed E-state index contributed by atoms with van der Waals surface area (Å²) in [6.45, 7) is 6.61. The minimum absolute atomic E-state index is 0.0721.